The normalized spacial score (nSPS) is 21.6. The van der Waals surface area contributed by atoms with Crippen LogP contribution in [0, 0.1) is 0 Å². The van der Waals surface area contributed by atoms with Crippen LogP contribution in [0.3, 0.4) is 0 Å². The molecule has 0 aliphatic heterocycles. The van der Waals surface area contributed by atoms with Crippen LogP contribution in [0.2, 0.25) is 0 Å². The maximum atomic E-state index is 11.9. The first-order valence-corrected chi connectivity index (χ1v) is 8.71. The molecule has 2 unspecified atom stereocenters. The smallest absolute Gasteiger partial charge is 0.407 e. The van der Waals surface area contributed by atoms with E-state index in [1.807, 2.05) is 20.8 Å². The zero-order valence-electron chi connectivity index (χ0n) is 14.8. The largest absolute Gasteiger partial charge is 0.444 e. The molecule has 23 heavy (non-hydrogen) atoms. The fourth-order valence-corrected chi connectivity index (χ4v) is 3.12. The molecule has 1 saturated carbocycles. The monoisotopic (exact) mass is 318 g/mol. The van der Waals surface area contributed by atoms with Crippen LogP contribution >= 0.6 is 0 Å². The standard InChI is InChI=1S/C19H30N2O2/c1-5-14-9-6-7-12-17(14)20-15-10-8-11-16(13-15)21-18(22)23-19(2,3)4/h6-7,9,12,15-16,20H,5,8,10-11,13H2,1-4H3,(H,21,22). The lowest BCUT2D eigenvalue weighted by atomic mass is 9.90. The molecule has 0 saturated heterocycles. The molecule has 0 heterocycles. The van der Waals surface area contributed by atoms with Crippen molar-refractivity contribution in [1.82, 2.24) is 5.32 Å². The van der Waals surface area contributed by atoms with Crippen LogP contribution in [-0.4, -0.2) is 23.8 Å². The van der Waals surface area contributed by atoms with E-state index in [0.29, 0.717) is 6.04 Å². The van der Waals surface area contributed by atoms with Gasteiger partial charge in [0.05, 0.1) is 0 Å². The average Bonchev–Trinajstić information content (AvgIpc) is 2.46. The Morgan fingerprint density at radius 1 is 1.22 bits per heavy atom. The molecule has 0 radical (unpaired) electrons. The lowest BCUT2D eigenvalue weighted by molar-refractivity contribution is 0.0492. The van der Waals surface area contributed by atoms with Crippen molar-refractivity contribution in [1.29, 1.82) is 0 Å². The van der Waals surface area contributed by atoms with Gasteiger partial charge in [-0.1, -0.05) is 25.1 Å². The lowest BCUT2D eigenvalue weighted by Gasteiger charge is -2.32. The third-order valence-electron chi connectivity index (χ3n) is 4.15. The molecule has 1 aliphatic rings. The summed E-state index contributed by atoms with van der Waals surface area (Å²) in [7, 11) is 0. The minimum Gasteiger partial charge on any atom is -0.444 e. The van der Waals surface area contributed by atoms with E-state index in [-0.39, 0.29) is 12.1 Å². The van der Waals surface area contributed by atoms with Crippen LogP contribution in [-0.2, 0) is 11.2 Å². The molecule has 2 N–H and O–H groups in total. The van der Waals surface area contributed by atoms with Gasteiger partial charge in [0.2, 0.25) is 0 Å². The number of amides is 1. The van der Waals surface area contributed by atoms with E-state index in [2.05, 4.69) is 41.8 Å². The number of aryl methyl sites for hydroxylation is 1. The number of ether oxygens (including phenoxy) is 1. The Kier molecular flexibility index (Phi) is 5.91. The third kappa shape index (κ3) is 5.77. The maximum Gasteiger partial charge on any atom is 0.407 e. The summed E-state index contributed by atoms with van der Waals surface area (Å²) in [5.74, 6) is 0. The SMILES string of the molecule is CCc1ccccc1NC1CCCC(NC(=O)OC(C)(C)C)C1. The van der Waals surface area contributed by atoms with Gasteiger partial charge < -0.3 is 15.4 Å². The molecule has 1 amide bonds. The van der Waals surface area contributed by atoms with E-state index in [1.54, 1.807) is 0 Å². The van der Waals surface area contributed by atoms with Crippen LogP contribution in [0.1, 0.15) is 58.9 Å². The highest BCUT2D eigenvalue weighted by Crippen LogP contribution is 2.24. The molecule has 1 aliphatic carbocycles. The van der Waals surface area contributed by atoms with Gasteiger partial charge in [-0.05, 0) is 64.5 Å². The van der Waals surface area contributed by atoms with E-state index < -0.39 is 5.60 Å². The predicted octanol–water partition coefficient (Wildman–Crippen LogP) is 4.50. The Labute approximate surface area is 140 Å². The fraction of sp³-hybridized carbons (Fsp3) is 0.632. The summed E-state index contributed by atoms with van der Waals surface area (Å²) in [6.45, 7) is 7.84. The molecule has 0 spiro atoms. The zero-order valence-corrected chi connectivity index (χ0v) is 14.8. The van der Waals surface area contributed by atoms with Gasteiger partial charge >= 0.3 is 6.09 Å². The lowest BCUT2D eigenvalue weighted by Crippen LogP contribution is -2.43. The van der Waals surface area contributed by atoms with Crippen LogP contribution < -0.4 is 10.6 Å². The average molecular weight is 318 g/mol. The Morgan fingerprint density at radius 2 is 1.91 bits per heavy atom. The van der Waals surface area contributed by atoms with E-state index in [1.165, 1.54) is 11.3 Å². The van der Waals surface area contributed by atoms with Crippen molar-refractivity contribution in [2.75, 3.05) is 5.32 Å². The molecule has 4 heteroatoms. The second kappa shape index (κ2) is 7.71. The molecule has 128 valence electrons. The van der Waals surface area contributed by atoms with Crippen molar-refractivity contribution in [2.45, 2.75) is 77.5 Å². The summed E-state index contributed by atoms with van der Waals surface area (Å²) in [6, 6.07) is 9.05. The molecule has 0 bridgehead atoms. The van der Waals surface area contributed by atoms with Crippen molar-refractivity contribution in [3.63, 3.8) is 0 Å². The first-order chi connectivity index (χ1) is 10.9. The Balaban J connectivity index is 1.89. The summed E-state index contributed by atoms with van der Waals surface area (Å²) >= 11 is 0. The minimum atomic E-state index is -0.448. The van der Waals surface area contributed by atoms with Gasteiger partial charge in [-0.25, -0.2) is 4.79 Å². The van der Waals surface area contributed by atoms with Crippen molar-refractivity contribution in [2.24, 2.45) is 0 Å². The second-order valence-electron chi connectivity index (χ2n) is 7.36. The first kappa shape index (κ1) is 17.6. The number of rotatable bonds is 4. The number of hydrogen-bond donors (Lipinski definition) is 2. The number of carbonyl (C=O) groups is 1. The Morgan fingerprint density at radius 3 is 2.61 bits per heavy atom. The second-order valence-corrected chi connectivity index (χ2v) is 7.36. The molecule has 2 atom stereocenters. The summed E-state index contributed by atoms with van der Waals surface area (Å²) < 4.78 is 5.36. The number of alkyl carbamates (subject to hydrolysis) is 1. The van der Waals surface area contributed by atoms with Gasteiger partial charge in [-0.3, -0.25) is 0 Å². The number of hydrogen-bond acceptors (Lipinski definition) is 3. The van der Waals surface area contributed by atoms with Gasteiger partial charge in [0.25, 0.3) is 0 Å². The third-order valence-corrected chi connectivity index (χ3v) is 4.15. The van der Waals surface area contributed by atoms with Gasteiger partial charge in [-0.15, -0.1) is 0 Å². The highest BCUT2D eigenvalue weighted by atomic mass is 16.6. The molecule has 2 rings (SSSR count). The molecular formula is C19H30N2O2. The van der Waals surface area contributed by atoms with Crippen molar-refractivity contribution in [3.8, 4) is 0 Å². The number of para-hydroxylation sites is 1. The number of nitrogens with one attached hydrogen (secondary N) is 2. The van der Waals surface area contributed by atoms with Crippen LogP contribution in [0.15, 0.2) is 24.3 Å². The van der Waals surface area contributed by atoms with E-state index >= 15 is 0 Å². The quantitative estimate of drug-likeness (QED) is 0.859. The molecule has 4 nitrogen and oxygen atoms in total. The highest BCUT2D eigenvalue weighted by Gasteiger charge is 2.25. The van der Waals surface area contributed by atoms with Crippen LogP contribution in [0.25, 0.3) is 0 Å². The topological polar surface area (TPSA) is 50.4 Å². The predicted molar refractivity (Wildman–Crippen MR) is 94.9 cm³/mol. The maximum absolute atomic E-state index is 11.9. The summed E-state index contributed by atoms with van der Waals surface area (Å²) in [5, 5.41) is 6.68. The highest BCUT2D eigenvalue weighted by molar-refractivity contribution is 5.68. The summed E-state index contributed by atoms with van der Waals surface area (Å²) in [6.07, 6.45) is 4.94. The van der Waals surface area contributed by atoms with Crippen molar-refractivity contribution < 1.29 is 9.53 Å². The van der Waals surface area contributed by atoms with E-state index in [9.17, 15) is 4.79 Å². The van der Waals surface area contributed by atoms with Crippen LogP contribution in [0.5, 0.6) is 0 Å². The van der Waals surface area contributed by atoms with E-state index in [4.69, 9.17) is 4.74 Å². The Bertz CT molecular complexity index is 522. The van der Waals surface area contributed by atoms with Gasteiger partial charge in [0, 0.05) is 17.8 Å². The molecule has 1 aromatic rings. The summed E-state index contributed by atoms with van der Waals surface area (Å²) in [4.78, 5) is 11.9. The van der Waals surface area contributed by atoms with E-state index in [0.717, 1.165) is 32.1 Å². The number of anilines is 1. The summed E-state index contributed by atoms with van der Waals surface area (Å²) in [5.41, 5.74) is 2.11. The molecule has 1 fully saturated rings. The van der Waals surface area contributed by atoms with Gasteiger partial charge in [0.1, 0.15) is 5.60 Å². The molecule has 1 aromatic carbocycles. The zero-order chi connectivity index (χ0) is 16.9. The minimum absolute atomic E-state index is 0.185. The van der Waals surface area contributed by atoms with Crippen molar-refractivity contribution >= 4 is 11.8 Å². The number of carbonyl (C=O) groups excluding carboxylic acids is 1. The number of benzene rings is 1. The fourth-order valence-electron chi connectivity index (χ4n) is 3.12. The molecular weight excluding hydrogens is 288 g/mol. The van der Waals surface area contributed by atoms with Gasteiger partial charge in [-0.2, -0.15) is 0 Å². The first-order valence-electron chi connectivity index (χ1n) is 8.71. The van der Waals surface area contributed by atoms with Gasteiger partial charge in [0.15, 0.2) is 0 Å². The van der Waals surface area contributed by atoms with Crippen LogP contribution in [0.4, 0.5) is 10.5 Å². The molecule has 0 aromatic heterocycles. The Hall–Kier alpha value is -1.71. The van der Waals surface area contributed by atoms with Crippen molar-refractivity contribution in [3.05, 3.63) is 29.8 Å².